The number of rotatable bonds is 6. The molecule has 1 saturated carbocycles. The number of hydrogen-bond acceptors (Lipinski definition) is 2. The Morgan fingerprint density at radius 2 is 1.70 bits per heavy atom. The van der Waals surface area contributed by atoms with Crippen LogP contribution in [-0.4, -0.2) is 15.8 Å². The number of nitrogens with zero attached hydrogens (tertiary/aromatic N) is 2. The van der Waals surface area contributed by atoms with E-state index in [1.807, 2.05) is 16.9 Å². The summed E-state index contributed by atoms with van der Waals surface area (Å²) in [5, 5.41) is 8.11. The van der Waals surface area contributed by atoms with Gasteiger partial charge in [-0.05, 0) is 17.5 Å². The third kappa shape index (κ3) is 3.51. The smallest absolute Gasteiger partial charge is 0.0659 e. The Labute approximate surface area is 137 Å². The first-order chi connectivity index (χ1) is 11.4. The van der Waals surface area contributed by atoms with Gasteiger partial charge in [0.05, 0.1) is 12.7 Å². The van der Waals surface area contributed by atoms with Crippen molar-refractivity contribution in [3.05, 3.63) is 89.7 Å². The van der Waals surface area contributed by atoms with Gasteiger partial charge in [-0.2, -0.15) is 5.10 Å². The topological polar surface area (TPSA) is 29.9 Å². The van der Waals surface area contributed by atoms with Gasteiger partial charge in [-0.25, -0.2) is 0 Å². The predicted octanol–water partition coefficient (Wildman–Crippen LogP) is 3.58. The molecule has 0 saturated heterocycles. The molecule has 0 aliphatic heterocycles. The van der Waals surface area contributed by atoms with Crippen molar-refractivity contribution in [2.24, 2.45) is 0 Å². The standard InChI is InChI=1S/C20H21N3/c1-3-7-16(8-4-1)14-23-15-17(13-22-23)12-21-20-11-19(20)18-9-5-2-6-10-18/h1-10,13,15,19-21H,11-12,14H2. The van der Waals surface area contributed by atoms with E-state index in [2.05, 4.69) is 71.2 Å². The average Bonchev–Trinajstić information content (AvgIpc) is 3.26. The Balaban J connectivity index is 1.29. The molecule has 1 aliphatic rings. The van der Waals surface area contributed by atoms with Gasteiger partial charge in [0.1, 0.15) is 0 Å². The molecule has 1 fully saturated rings. The molecule has 0 amide bonds. The second-order valence-corrected chi connectivity index (χ2v) is 6.27. The quantitative estimate of drug-likeness (QED) is 0.754. The van der Waals surface area contributed by atoms with Gasteiger partial charge in [0.2, 0.25) is 0 Å². The molecule has 3 nitrogen and oxygen atoms in total. The van der Waals surface area contributed by atoms with Gasteiger partial charge in [0.15, 0.2) is 0 Å². The SMILES string of the molecule is c1ccc(Cn2cc(CNC3CC3c3ccccc3)cn2)cc1. The summed E-state index contributed by atoms with van der Waals surface area (Å²) >= 11 is 0. The fraction of sp³-hybridized carbons (Fsp3) is 0.250. The Kier molecular flexibility index (Phi) is 3.95. The van der Waals surface area contributed by atoms with Crippen LogP contribution in [0, 0.1) is 0 Å². The first-order valence-electron chi connectivity index (χ1n) is 8.22. The summed E-state index contributed by atoms with van der Waals surface area (Å²) in [7, 11) is 0. The summed E-state index contributed by atoms with van der Waals surface area (Å²) in [6.45, 7) is 1.72. The van der Waals surface area contributed by atoms with Gasteiger partial charge < -0.3 is 5.32 Å². The first-order valence-corrected chi connectivity index (χ1v) is 8.22. The fourth-order valence-corrected chi connectivity index (χ4v) is 3.09. The van der Waals surface area contributed by atoms with Crippen molar-refractivity contribution in [2.75, 3.05) is 0 Å². The molecule has 2 unspecified atom stereocenters. The minimum absolute atomic E-state index is 0.606. The van der Waals surface area contributed by atoms with Crippen LogP contribution in [0.2, 0.25) is 0 Å². The van der Waals surface area contributed by atoms with E-state index in [-0.39, 0.29) is 0 Å². The lowest BCUT2D eigenvalue weighted by Crippen LogP contribution is -2.16. The molecule has 1 aromatic heterocycles. The molecule has 4 rings (SSSR count). The Morgan fingerprint density at radius 1 is 0.957 bits per heavy atom. The molecule has 3 heteroatoms. The lowest BCUT2D eigenvalue weighted by Gasteiger charge is -2.03. The van der Waals surface area contributed by atoms with Crippen LogP contribution in [0.4, 0.5) is 0 Å². The summed E-state index contributed by atoms with van der Waals surface area (Å²) in [6.07, 6.45) is 5.35. The highest BCUT2D eigenvalue weighted by Gasteiger charge is 2.37. The van der Waals surface area contributed by atoms with Crippen LogP contribution in [0.3, 0.4) is 0 Å². The van der Waals surface area contributed by atoms with E-state index in [9.17, 15) is 0 Å². The maximum atomic E-state index is 4.46. The van der Waals surface area contributed by atoms with Crippen molar-refractivity contribution in [1.29, 1.82) is 0 Å². The summed E-state index contributed by atoms with van der Waals surface area (Å²) in [4.78, 5) is 0. The largest absolute Gasteiger partial charge is 0.309 e. The van der Waals surface area contributed by atoms with E-state index in [4.69, 9.17) is 0 Å². The van der Waals surface area contributed by atoms with Gasteiger partial charge in [-0.3, -0.25) is 4.68 Å². The molecule has 1 aliphatic carbocycles. The summed E-state index contributed by atoms with van der Waals surface area (Å²) in [5.74, 6) is 0.676. The molecule has 0 spiro atoms. The van der Waals surface area contributed by atoms with Crippen molar-refractivity contribution in [2.45, 2.75) is 31.5 Å². The summed E-state index contributed by atoms with van der Waals surface area (Å²) in [6, 6.07) is 21.8. The summed E-state index contributed by atoms with van der Waals surface area (Å²) < 4.78 is 2.01. The lowest BCUT2D eigenvalue weighted by molar-refractivity contribution is 0.666. The van der Waals surface area contributed by atoms with Gasteiger partial charge >= 0.3 is 0 Å². The van der Waals surface area contributed by atoms with Crippen LogP contribution >= 0.6 is 0 Å². The number of aromatic nitrogens is 2. The zero-order valence-electron chi connectivity index (χ0n) is 13.1. The predicted molar refractivity (Wildman–Crippen MR) is 92.2 cm³/mol. The second-order valence-electron chi connectivity index (χ2n) is 6.27. The molecule has 1 heterocycles. The van der Waals surface area contributed by atoms with Crippen LogP contribution in [0.15, 0.2) is 73.1 Å². The molecule has 23 heavy (non-hydrogen) atoms. The van der Waals surface area contributed by atoms with E-state index in [1.165, 1.54) is 23.1 Å². The summed E-state index contributed by atoms with van der Waals surface area (Å²) in [5.41, 5.74) is 3.98. The molecule has 116 valence electrons. The molecule has 0 radical (unpaired) electrons. The average molecular weight is 303 g/mol. The van der Waals surface area contributed by atoms with E-state index in [0.29, 0.717) is 12.0 Å². The first kappa shape index (κ1) is 14.2. The number of benzene rings is 2. The normalized spacial score (nSPS) is 19.7. The van der Waals surface area contributed by atoms with Crippen LogP contribution in [0.25, 0.3) is 0 Å². The zero-order chi connectivity index (χ0) is 15.5. The van der Waals surface area contributed by atoms with Gasteiger partial charge in [0.25, 0.3) is 0 Å². The highest BCUT2D eigenvalue weighted by Crippen LogP contribution is 2.40. The van der Waals surface area contributed by atoms with Crippen molar-refractivity contribution < 1.29 is 0 Å². The molecule has 0 bridgehead atoms. The molecule has 2 atom stereocenters. The Bertz CT molecular complexity index is 749. The maximum absolute atomic E-state index is 4.46. The van der Waals surface area contributed by atoms with Crippen molar-refractivity contribution in [3.8, 4) is 0 Å². The Morgan fingerprint density at radius 3 is 2.48 bits per heavy atom. The van der Waals surface area contributed by atoms with Gasteiger partial charge in [0, 0.05) is 30.3 Å². The highest BCUT2D eigenvalue weighted by molar-refractivity contribution is 5.27. The van der Waals surface area contributed by atoms with Gasteiger partial charge in [-0.1, -0.05) is 60.7 Å². The molecular formula is C20H21N3. The monoisotopic (exact) mass is 303 g/mol. The van der Waals surface area contributed by atoms with Crippen LogP contribution in [-0.2, 0) is 13.1 Å². The van der Waals surface area contributed by atoms with E-state index in [1.54, 1.807) is 0 Å². The van der Waals surface area contributed by atoms with E-state index < -0.39 is 0 Å². The van der Waals surface area contributed by atoms with E-state index >= 15 is 0 Å². The lowest BCUT2D eigenvalue weighted by atomic mass is 10.1. The van der Waals surface area contributed by atoms with E-state index in [0.717, 1.165) is 13.1 Å². The van der Waals surface area contributed by atoms with Gasteiger partial charge in [-0.15, -0.1) is 0 Å². The minimum atomic E-state index is 0.606. The number of hydrogen-bond donors (Lipinski definition) is 1. The molecule has 1 N–H and O–H groups in total. The zero-order valence-corrected chi connectivity index (χ0v) is 13.1. The third-order valence-electron chi connectivity index (χ3n) is 4.46. The fourth-order valence-electron chi connectivity index (χ4n) is 3.09. The minimum Gasteiger partial charge on any atom is -0.309 e. The van der Waals surface area contributed by atoms with Crippen LogP contribution in [0.1, 0.15) is 29.0 Å². The Hall–Kier alpha value is -2.39. The van der Waals surface area contributed by atoms with Crippen molar-refractivity contribution in [1.82, 2.24) is 15.1 Å². The van der Waals surface area contributed by atoms with Crippen LogP contribution in [0.5, 0.6) is 0 Å². The number of nitrogens with one attached hydrogen (secondary N) is 1. The molecule has 2 aromatic carbocycles. The van der Waals surface area contributed by atoms with Crippen molar-refractivity contribution in [3.63, 3.8) is 0 Å². The van der Waals surface area contributed by atoms with Crippen molar-refractivity contribution >= 4 is 0 Å². The third-order valence-corrected chi connectivity index (χ3v) is 4.46. The second kappa shape index (κ2) is 6.39. The molecular weight excluding hydrogens is 282 g/mol. The molecule has 3 aromatic rings. The maximum Gasteiger partial charge on any atom is 0.0659 e. The van der Waals surface area contributed by atoms with Crippen LogP contribution < -0.4 is 5.32 Å². The highest BCUT2D eigenvalue weighted by atomic mass is 15.3.